The van der Waals surface area contributed by atoms with Crippen molar-refractivity contribution >= 4 is 33.3 Å². The largest absolute Gasteiger partial charge is 0.367 e. The summed E-state index contributed by atoms with van der Waals surface area (Å²) in [7, 11) is 0. The molecule has 1 aliphatic rings. The van der Waals surface area contributed by atoms with E-state index in [1.54, 1.807) is 11.3 Å². The maximum atomic E-state index is 4.65. The molecule has 0 aromatic carbocycles. The Kier molecular flexibility index (Phi) is 3.82. The standard InChI is InChI=1S/C14H20N4S/c1-2-8-15-14-17-12(16-10-5-3-4-6-10)11-7-9-19-13(11)18-14/h7,9-10H,2-6,8H2,1H3,(H2,15,16,17,18). The van der Waals surface area contributed by atoms with Gasteiger partial charge in [-0.2, -0.15) is 4.98 Å². The minimum atomic E-state index is 0.581. The van der Waals surface area contributed by atoms with Gasteiger partial charge in [-0.05, 0) is 30.7 Å². The van der Waals surface area contributed by atoms with Crippen molar-refractivity contribution in [3.05, 3.63) is 11.4 Å². The number of thiophene rings is 1. The monoisotopic (exact) mass is 276 g/mol. The van der Waals surface area contributed by atoms with Gasteiger partial charge in [-0.3, -0.25) is 0 Å². The smallest absolute Gasteiger partial charge is 0.226 e. The zero-order chi connectivity index (χ0) is 13.1. The molecule has 0 aliphatic heterocycles. The summed E-state index contributed by atoms with van der Waals surface area (Å²) in [5.41, 5.74) is 0. The predicted octanol–water partition coefficient (Wildman–Crippen LogP) is 3.87. The molecule has 1 aliphatic carbocycles. The molecule has 0 amide bonds. The molecular weight excluding hydrogens is 256 g/mol. The van der Waals surface area contributed by atoms with Crippen molar-refractivity contribution in [2.24, 2.45) is 0 Å². The van der Waals surface area contributed by atoms with Gasteiger partial charge in [0.2, 0.25) is 5.95 Å². The second kappa shape index (κ2) is 5.74. The summed E-state index contributed by atoms with van der Waals surface area (Å²) in [6.07, 6.45) is 6.25. The molecule has 2 heterocycles. The summed E-state index contributed by atoms with van der Waals surface area (Å²) in [6.45, 7) is 3.06. The van der Waals surface area contributed by atoms with Crippen molar-refractivity contribution in [1.82, 2.24) is 9.97 Å². The summed E-state index contributed by atoms with van der Waals surface area (Å²) in [4.78, 5) is 10.3. The number of nitrogens with zero attached hydrogens (tertiary/aromatic N) is 2. The molecule has 2 aromatic rings. The lowest BCUT2D eigenvalue weighted by Gasteiger charge is -2.14. The summed E-state index contributed by atoms with van der Waals surface area (Å²) < 4.78 is 0. The highest BCUT2D eigenvalue weighted by Crippen LogP contribution is 2.29. The Balaban J connectivity index is 1.88. The van der Waals surface area contributed by atoms with E-state index in [1.807, 2.05) is 0 Å². The van der Waals surface area contributed by atoms with Gasteiger partial charge in [-0.15, -0.1) is 11.3 Å². The lowest BCUT2D eigenvalue weighted by Crippen LogP contribution is -2.16. The van der Waals surface area contributed by atoms with Crippen molar-refractivity contribution in [3.8, 4) is 0 Å². The van der Waals surface area contributed by atoms with Crippen LogP contribution in [-0.2, 0) is 0 Å². The van der Waals surface area contributed by atoms with Gasteiger partial charge in [-0.1, -0.05) is 19.8 Å². The van der Waals surface area contributed by atoms with Crippen LogP contribution in [0.1, 0.15) is 39.0 Å². The van der Waals surface area contributed by atoms with E-state index < -0.39 is 0 Å². The van der Waals surface area contributed by atoms with E-state index in [-0.39, 0.29) is 0 Å². The lowest BCUT2D eigenvalue weighted by molar-refractivity contribution is 0.751. The highest BCUT2D eigenvalue weighted by molar-refractivity contribution is 7.16. The van der Waals surface area contributed by atoms with E-state index in [9.17, 15) is 0 Å². The van der Waals surface area contributed by atoms with Gasteiger partial charge in [0.1, 0.15) is 10.6 Å². The summed E-state index contributed by atoms with van der Waals surface area (Å²) in [6, 6.07) is 2.69. The van der Waals surface area contributed by atoms with Crippen LogP contribution in [-0.4, -0.2) is 22.6 Å². The molecule has 0 atom stereocenters. The molecular formula is C14H20N4S. The Morgan fingerprint density at radius 1 is 1.32 bits per heavy atom. The van der Waals surface area contributed by atoms with Crippen LogP contribution in [0, 0.1) is 0 Å². The maximum Gasteiger partial charge on any atom is 0.226 e. The predicted molar refractivity (Wildman–Crippen MR) is 82.1 cm³/mol. The third-order valence-corrected chi connectivity index (χ3v) is 4.36. The van der Waals surface area contributed by atoms with Crippen molar-refractivity contribution in [1.29, 1.82) is 0 Å². The average Bonchev–Trinajstić information content (AvgIpc) is 3.06. The van der Waals surface area contributed by atoms with Gasteiger partial charge in [-0.25, -0.2) is 4.98 Å². The van der Waals surface area contributed by atoms with E-state index in [2.05, 4.69) is 39.0 Å². The van der Waals surface area contributed by atoms with E-state index in [1.165, 1.54) is 25.7 Å². The molecule has 5 heteroatoms. The van der Waals surface area contributed by atoms with Crippen LogP contribution in [0.25, 0.3) is 10.2 Å². The number of hydrogen-bond donors (Lipinski definition) is 2. The van der Waals surface area contributed by atoms with Gasteiger partial charge in [0.25, 0.3) is 0 Å². The molecule has 3 rings (SSSR count). The second-order valence-corrected chi connectivity index (χ2v) is 5.98. The van der Waals surface area contributed by atoms with Crippen LogP contribution in [0.3, 0.4) is 0 Å². The summed E-state index contributed by atoms with van der Waals surface area (Å²) >= 11 is 1.68. The van der Waals surface area contributed by atoms with Gasteiger partial charge < -0.3 is 10.6 Å². The molecule has 0 unspecified atom stereocenters. The number of aromatic nitrogens is 2. The van der Waals surface area contributed by atoms with E-state index in [4.69, 9.17) is 0 Å². The number of nitrogens with one attached hydrogen (secondary N) is 2. The van der Waals surface area contributed by atoms with Crippen LogP contribution in [0.15, 0.2) is 11.4 Å². The number of hydrogen-bond acceptors (Lipinski definition) is 5. The van der Waals surface area contributed by atoms with E-state index in [0.29, 0.717) is 6.04 Å². The number of rotatable bonds is 5. The maximum absolute atomic E-state index is 4.65. The molecule has 2 N–H and O–H groups in total. The molecule has 0 spiro atoms. The highest BCUT2D eigenvalue weighted by atomic mass is 32.1. The van der Waals surface area contributed by atoms with Crippen molar-refractivity contribution in [3.63, 3.8) is 0 Å². The lowest BCUT2D eigenvalue weighted by atomic mass is 10.2. The summed E-state index contributed by atoms with van der Waals surface area (Å²) in [5.74, 6) is 1.74. The molecule has 1 saturated carbocycles. The van der Waals surface area contributed by atoms with Crippen LogP contribution in [0.5, 0.6) is 0 Å². The Morgan fingerprint density at radius 2 is 2.16 bits per heavy atom. The topological polar surface area (TPSA) is 49.8 Å². The minimum absolute atomic E-state index is 0.581. The molecule has 0 bridgehead atoms. The summed E-state index contributed by atoms with van der Waals surface area (Å²) in [5, 5.41) is 10.1. The first-order valence-corrected chi connectivity index (χ1v) is 8.00. The Bertz CT molecular complexity index is 545. The molecule has 1 fully saturated rings. The molecule has 0 radical (unpaired) electrons. The fraction of sp³-hybridized carbons (Fsp3) is 0.571. The second-order valence-electron chi connectivity index (χ2n) is 5.09. The van der Waals surface area contributed by atoms with Crippen molar-refractivity contribution in [2.75, 3.05) is 17.2 Å². The highest BCUT2D eigenvalue weighted by Gasteiger charge is 2.17. The van der Waals surface area contributed by atoms with E-state index in [0.717, 1.165) is 34.9 Å². The third kappa shape index (κ3) is 2.81. The molecule has 2 aromatic heterocycles. The Hall–Kier alpha value is -1.36. The van der Waals surface area contributed by atoms with Crippen LogP contribution >= 0.6 is 11.3 Å². The van der Waals surface area contributed by atoms with Gasteiger partial charge in [0, 0.05) is 12.6 Å². The first-order valence-electron chi connectivity index (χ1n) is 7.12. The average molecular weight is 276 g/mol. The van der Waals surface area contributed by atoms with Gasteiger partial charge in [0.15, 0.2) is 0 Å². The number of anilines is 2. The van der Waals surface area contributed by atoms with Crippen LogP contribution in [0.4, 0.5) is 11.8 Å². The molecule has 19 heavy (non-hydrogen) atoms. The molecule has 0 saturated heterocycles. The fourth-order valence-electron chi connectivity index (χ4n) is 2.54. The van der Waals surface area contributed by atoms with E-state index >= 15 is 0 Å². The van der Waals surface area contributed by atoms with Crippen molar-refractivity contribution in [2.45, 2.75) is 45.1 Å². The van der Waals surface area contributed by atoms with Gasteiger partial charge >= 0.3 is 0 Å². The molecule has 102 valence electrons. The SMILES string of the molecule is CCCNc1nc(NC2CCCC2)c2ccsc2n1. The number of fused-ring (bicyclic) bond motifs is 1. The third-order valence-electron chi connectivity index (χ3n) is 3.55. The Morgan fingerprint density at radius 3 is 2.95 bits per heavy atom. The molecule has 4 nitrogen and oxygen atoms in total. The quantitative estimate of drug-likeness (QED) is 0.870. The normalized spacial score (nSPS) is 16.1. The van der Waals surface area contributed by atoms with Crippen LogP contribution < -0.4 is 10.6 Å². The fourth-order valence-corrected chi connectivity index (χ4v) is 3.31. The zero-order valence-electron chi connectivity index (χ0n) is 11.3. The van der Waals surface area contributed by atoms with Crippen LogP contribution in [0.2, 0.25) is 0 Å². The van der Waals surface area contributed by atoms with Crippen molar-refractivity contribution < 1.29 is 0 Å². The first-order chi connectivity index (χ1) is 9.36. The Labute approximate surface area is 117 Å². The van der Waals surface area contributed by atoms with Gasteiger partial charge in [0.05, 0.1) is 5.39 Å². The first kappa shape index (κ1) is 12.7. The zero-order valence-corrected chi connectivity index (χ0v) is 12.1. The minimum Gasteiger partial charge on any atom is -0.367 e.